The SMILES string of the molecule is C=CCc1cc(/C=C2\C(=O)NC(=O)N(c3ccccc3)C2=O)cc(OC)c1OCc1ccccc1F. The maximum Gasteiger partial charge on any atom is 0.335 e. The number of carbonyl (C=O) groups excluding carboxylic acids is 3. The quantitative estimate of drug-likeness (QED) is 0.281. The summed E-state index contributed by atoms with van der Waals surface area (Å²) in [5.74, 6) is -1.22. The van der Waals surface area contributed by atoms with Gasteiger partial charge in [0.15, 0.2) is 11.5 Å². The van der Waals surface area contributed by atoms with Crippen LogP contribution >= 0.6 is 0 Å². The highest BCUT2D eigenvalue weighted by molar-refractivity contribution is 6.39. The number of hydrogen-bond acceptors (Lipinski definition) is 5. The topological polar surface area (TPSA) is 84.9 Å². The highest BCUT2D eigenvalue weighted by Crippen LogP contribution is 2.35. The van der Waals surface area contributed by atoms with Crippen molar-refractivity contribution in [2.24, 2.45) is 0 Å². The van der Waals surface area contributed by atoms with E-state index in [4.69, 9.17) is 9.47 Å². The molecule has 0 bridgehead atoms. The predicted octanol–water partition coefficient (Wildman–Crippen LogP) is 4.81. The number of ether oxygens (including phenoxy) is 2. The number of nitrogens with one attached hydrogen (secondary N) is 1. The Morgan fingerprint density at radius 3 is 2.42 bits per heavy atom. The molecule has 1 heterocycles. The van der Waals surface area contributed by atoms with Gasteiger partial charge < -0.3 is 9.47 Å². The van der Waals surface area contributed by atoms with E-state index < -0.39 is 17.8 Å². The normalized spacial score (nSPS) is 14.6. The van der Waals surface area contributed by atoms with Crippen LogP contribution in [-0.2, 0) is 22.6 Å². The van der Waals surface area contributed by atoms with Crippen LogP contribution in [0.25, 0.3) is 6.08 Å². The Balaban J connectivity index is 1.70. The third-order valence-electron chi connectivity index (χ3n) is 5.50. The van der Waals surface area contributed by atoms with Gasteiger partial charge in [-0.3, -0.25) is 14.9 Å². The molecule has 4 rings (SSSR count). The largest absolute Gasteiger partial charge is 0.493 e. The Morgan fingerprint density at radius 2 is 1.72 bits per heavy atom. The van der Waals surface area contributed by atoms with E-state index in [9.17, 15) is 18.8 Å². The molecule has 0 atom stereocenters. The van der Waals surface area contributed by atoms with E-state index in [1.165, 1.54) is 19.3 Å². The number of rotatable bonds is 8. The van der Waals surface area contributed by atoms with Crippen LogP contribution in [0.1, 0.15) is 16.7 Å². The minimum Gasteiger partial charge on any atom is -0.493 e. The van der Waals surface area contributed by atoms with Crippen molar-refractivity contribution in [1.29, 1.82) is 0 Å². The van der Waals surface area contributed by atoms with Gasteiger partial charge >= 0.3 is 6.03 Å². The van der Waals surface area contributed by atoms with E-state index in [0.29, 0.717) is 40.3 Å². The number of hydrogen-bond donors (Lipinski definition) is 1. The van der Waals surface area contributed by atoms with E-state index in [1.807, 2.05) is 0 Å². The van der Waals surface area contributed by atoms with Crippen LogP contribution in [0.2, 0.25) is 0 Å². The fourth-order valence-electron chi connectivity index (χ4n) is 3.79. The lowest BCUT2D eigenvalue weighted by Crippen LogP contribution is -2.54. The molecule has 8 heteroatoms. The summed E-state index contributed by atoms with van der Waals surface area (Å²) in [6, 6.07) is 17.1. The summed E-state index contributed by atoms with van der Waals surface area (Å²) in [7, 11) is 1.45. The average molecular weight is 486 g/mol. The monoisotopic (exact) mass is 486 g/mol. The van der Waals surface area contributed by atoms with Crippen molar-refractivity contribution in [3.63, 3.8) is 0 Å². The third-order valence-corrected chi connectivity index (χ3v) is 5.50. The number of allylic oxidation sites excluding steroid dienone is 1. The van der Waals surface area contributed by atoms with Gasteiger partial charge in [0.05, 0.1) is 12.8 Å². The van der Waals surface area contributed by atoms with Gasteiger partial charge in [-0.1, -0.05) is 42.5 Å². The first-order valence-corrected chi connectivity index (χ1v) is 11.1. The zero-order chi connectivity index (χ0) is 25.7. The summed E-state index contributed by atoms with van der Waals surface area (Å²) < 4.78 is 25.5. The van der Waals surface area contributed by atoms with Crippen LogP contribution in [0.5, 0.6) is 11.5 Å². The first-order valence-electron chi connectivity index (χ1n) is 11.1. The van der Waals surface area contributed by atoms with Crippen molar-refractivity contribution < 1.29 is 28.2 Å². The number of barbiturate groups is 1. The zero-order valence-electron chi connectivity index (χ0n) is 19.5. The van der Waals surface area contributed by atoms with Crippen LogP contribution in [0.4, 0.5) is 14.9 Å². The van der Waals surface area contributed by atoms with Crippen LogP contribution in [-0.4, -0.2) is 25.0 Å². The molecule has 0 aromatic heterocycles. The number of methoxy groups -OCH3 is 1. The summed E-state index contributed by atoms with van der Waals surface area (Å²) in [5, 5.41) is 2.20. The van der Waals surface area contributed by atoms with Crippen LogP contribution in [0.3, 0.4) is 0 Å². The molecule has 3 aromatic carbocycles. The van der Waals surface area contributed by atoms with Crippen LogP contribution < -0.4 is 19.7 Å². The summed E-state index contributed by atoms with van der Waals surface area (Å²) in [6.07, 6.45) is 3.43. The number of anilines is 1. The van der Waals surface area contributed by atoms with Crippen molar-refractivity contribution in [1.82, 2.24) is 5.32 Å². The maximum absolute atomic E-state index is 14.1. The first-order chi connectivity index (χ1) is 17.4. The van der Waals surface area contributed by atoms with Gasteiger partial charge in [-0.05, 0) is 48.4 Å². The van der Waals surface area contributed by atoms with Gasteiger partial charge in [0.1, 0.15) is 18.0 Å². The molecular weight excluding hydrogens is 463 g/mol. The van der Waals surface area contributed by atoms with E-state index in [-0.39, 0.29) is 18.0 Å². The van der Waals surface area contributed by atoms with E-state index in [1.54, 1.807) is 66.7 Å². The highest BCUT2D eigenvalue weighted by Gasteiger charge is 2.36. The number of nitrogens with zero attached hydrogens (tertiary/aromatic N) is 1. The van der Waals surface area contributed by atoms with Gasteiger partial charge in [-0.15, -0.1) is 6.58 Å². The fourth-order valence-corrected chi connectivity index (χ4v) is 3.79. The third kappa shape index (κ3) is 5.02. The number of halogens is 1. The molecule has 0 radical (unpaired) electrons. The lowest BCUT2D eigenvalue weighted by atomic mass is 10.0. The molecule has 182 valence electrons. The number of benzene rings is 3. The van der Waals surface area contributed by atoms with Crippen LogP contribution in [0, 0.1) is 5.82 Å². The molecule has 1 saturated heterocycles. The van der Waals surface area contributed by atoms with Crippen molar-refractivity contribution in [2.45, 2.75) is 13.0 Å². The Bertz CT molecular complexity index is 1370. The van der Waals surface area contributed by atoms with Crippen molar-refractivity contribution >= 4 is 29.6 Å². The van der Waals surface area contributed by atoms with Crippen molar-refractivity contribution in [2.75, 3.05) is 12.0 Å². The molecule has 4 amide bonds. The van der Waals surface area contributed by atoms with E-state index >= 15 is 0 Å². The smallest absolute Gasteiger partial charge is 0.335 e. The molecule has 0 spiro atoms. The Labute approximate surface area is 207 Å². The van der Waals surface area contributed by atoms with Crippen LogP contribution in [0.15, 0.2) is 85.0 Å². The zero-order valence-corrected chi connectivity index (χ0v) is 19.5. The van der Waals surface area contributed by atoms with Gasteiger partial charge in [0.25, 0.3) is 11.8 Å². The van der Waals surface area contributed by atoms with E-state index in [0.717, 1.165) is 4.90 Å². The Hall–Kier alpha value is -4.72. The molecule has 1 N–H and O–H groups in total. The fraction of sp³-hybridized carbons (Fsp3) is 0.107. The second-order valence-corrected chi connectivity index (χ2v) is 7.88. The molecular formula is C28H23FN2O5. The first kappa shape index (κ1) is 24.4. The summed E-state index contributed by atoms with van der Waals surface area (Å²) in [6.45, 7) is 3.75. The molecule has 1 aliphatic rings. The molecule has 3 aromatic rings. The number of carbonyl (C=O) groups is 3. The molecule has 0 saturated carbocycles. The lowest BCUT2D eigenvalue weighted by molar-refractivity contribution is -0.122. The number of para-hydroxylation sites is 1. The minimum atomic E-state index is -0.824. The molecule has 1 fully saturated rings. The predicted molar refractivity (Wildman–Crippen MR) is 133 cm³/mol. The minimum absolute atomic E-state index is 0.0251. The second-order valence-electron chi connectivity index (χ2n) is 7.88. The average Bonchev–Trinajstić information content (AvgIpc) is 2.87. The van der Waals surface area contributed by atoms with Crippen molar-refractivity contribution in [3.05, 3.63) is 107 Å². The highest BCUT2D eigenvalue weighted by atomic mass is 19.1. The molecule has 36 heavy (non-hydrogen) atoms. The molecule has 1 aliphatic heterocycles. The number of urea groups is 1. The summed E-state index contributed by atoms with van der Waals surface area (Å²) in [5.41, 5.74) is 1.63. The summed E-state index contributed by atoms with van der Waals surface area (Å²) in [4.78, 5) is 39.0. The van der Waals surface area contributed by atoms with Gasteiger partial charge in [0.2, 0.25) is 0 Å². The lowest BCUT2D eigenvalue weighted by Gasteiger charge is -2.26. The van der Waals surface area contributed by atoms with Gasteiger partial charge in [-0.2, -0.15) is 0 Å². The summed E-state index contributed by atoms with van der Waals surface area (Å²) >= 11 is 0. The number of imide groups is 2. The number of amides is 4. The van der Waals surface area contributed by atoms with E-state index in [2.05, 4.69) is 11.9 Å². The molecule has 0 unspecified atom stereocenters. The second kappa shape index (κ2) is 10.7. The maximum atomic E-state index is 14.1. The molecule has 7 nitrogen and oxygen atoms in total. The Morgan fingerprint density at radius 1 is 1.00 bits per heavy atom. The molecule has 0 aliphatic carbocycles. The standard InChI is InChI=1S/C28H23FN2O5/c1-3-9-19-14-18(16-24(35-2)25(19)36-17-20-10-7-8-13-23(20)29)15-22-26(32)30-28(34)31(27(22)33)21-11-5-4-6-12-21/h3-8,10-16H,1,9,17H2,2H3,(H,30,32,34)/b22-15+. The van der Waals surface area contributed by atoms with Gasteiger partial charge in [-0.25, -0.2) is 14.1 Å². The van der Waals surface area contributed by atoms with Gasteiger partial charge in [0, 0.05) is 11.1 Å². The van der Waals surface area contributed by atoms with Crippen molar-refractivity contribution in [3.8, 4) is 11.5 Å². The Kier molecular flexibility index (Phi) is 7.25.